The third kappa shape index (κ3) is 4.37. The fourth-order valence-electron chi connectivity index (χ4n) is 3.62. The Labute approximate surface area is 174 Å². The maximum atomic E-state index is 12.7. The number of nitrogens with zero attached hydrogens (tertiary/aromatic N) is 1. The molecule has 1 aliphatic carbocycles. The molecule has 1 aliphatic heterocycles. The summed E-state index contributed by atoms with van der Waals surface area (Å²) in [5.41, 5.74) is 0.535. The number of hydrogen-bond donors (Lipinski definition) is 3. The summed E-state index contributed by atoms with van der Waals surface area (Å²) in [5, 5.41) is 5.63. The predicted molar refractivity (Wildman–Crippen MR) is 114 cm³/mol. The molecule has 2 fully saturated rings. The van der Waals surface area contributed by atoms with Gasteiger partial charge in [-0.1, -0.05) is 18.7 Å². The van der Waals surface area contributed by atoms with E-state index in [0.717, 1.165) is 12.0 Å². The Morgan fingerprint density at radius 3 is 2.89 bits per heavy atom. The third-order valence-corrected chi connectivity index (χ3v) is 7.77. The van der Waals surface area contributed by atoms with Crippen molar-refractivity contribution in [2.24, 2.45) is 5.41 Å². The average molecular weight is 469 g/mol. The standard InChI is InChI=1S/C19H25BrN4O3S/c1-4-6-12(3)28(26,27)21-11-19-9-14(22-15(19)10-19)18(25)24-17-13(5-2)7-8-16(20)23-17/h4-5,7-8,12,14-15,21-22H,1-2,6,9-11H2,3H3,(H,23,24,25)/t12?,14-,15+,19-/m0/s1. The molecule has 1 amide bonds. The Morgan fingerprint density at radius 2 is 2.21 bits per heavy atom. The number of aromatic nitrogens is 1. The van der Waals surface area contributed by atoms with Crippen LogP contribution in [0.1, 0.15) is 31.7 Å². The van der Waals surface area contributed by atoms with E-state index >= 15 is 0 Å². The Balaban J connectivity index is 1.60. The topological polar surface area (TPSA) is 100 Å². The second-order valence-electron chi connectivity index (χ2n) is 7.51. The number of nitrogens with one attached hydrogen (secondary N) is 3. The van der Waals surface area contributed by atoms with Crippen LogP contribution >= 0.6 is 15.9 Å². The van der Waals surface area contributed by atoms with Gasteiger partial charge in [-0.25, -0.2) is 18.1 Å². The van der Waals surface area contributed by atoms with E-state index in [0.29, 0.717) is 29.8 Å². The molecule has 3 N–H and O–H groups in total. The molecular weight excluding hydrogens is 444 g/mol. The van der Waals surface area contributed by atoms with Crippen LogP contribution in [0.3, 0.4) is 0 Å². The molecule has 1 unspecified atom stereocenters. The highest BCUT2D eigenvalue weighted by Gasteiger charge is 2.61. The lowest BCUT2D eigenvalue weighted by molar-refractivity contribution is -0.118. The van der Waals surface area contributed by atoms with E-state index in [1.54, 1.807) is 25.1 Å². The van der Waals surface area contributed by atoms with E-state index in [4.69, 9.17) is 0 Å². The molecule has 28 heavy (non-hydrogen) atoms. The first-order valence-corrected chi connectivity index (χ1v) is 11.5. The van der Waals surface area contributed by atoms with Crippen LogP contribution in [0.4, 0.5) is 5.82 Å². The van der Waals surface area contributed by atoms with Crippen LogP contribution in [0.25, 0.3) is 6.08 Å². The number of fused-ring (bicyclic) bond motifs is 1. The van der Waals surface area contributed by atoms with Crippen LogP contribution in [-0.4, -0.2) is 43.2 Å². The van der Waals surface area contributed by atoms with Crippen molar-refractivity contribution in [3.05, 3.63) is 41.5 Å². The largest absolute Gasteiger partial charge is 0.309 e. The predicted octanol–water partition coefficient (Wildman–Crippen LogP) is 2.43. The lowest BCUT2D eigenvalue weighted by atomic mass is 9.99. The quantitative estimate of drug-likeness (QED) is 0.381. The summed E-state index contributed by atoms with van der Waals surface area (Å²) in [5.74, 6) is 0.271. The minimum Gasteiger partial charge on any atom is -0.309 e. The number of anilines is 1. The summed E-state index contributed by atoms with van der Waals surface area (Å²) in [6.45, 7) is 9.33. The average Bonchev–Trinajstić information content (AvgIpc) is 3.20. The van der Waals surface area contributed by atoms with Gasteiger partial charge in [-0.3, -0.25) is 4.79 Å². The summed E-state index contributed by atoms with van der Waals surface area (Å²) in [6, 6.07) is 3.37. The monoisotopic (exact) mass is 468 g/mol. The van der Waals surface area contributed by atoms with Crippen molar-refractivity contribution >= 4 is 43.8 Å². The Bertz CT molecular complexity index is 904. The molecular formula is C19H25BrN4O3S. The first kappa shape index (κ1) is 21.2. The molecule has 2 aliphatic rings. The maximum absolute atomic E-state index is 12.7. The molecule has 7 nitrogen and oxygen atoms in total. The fraction of sp³-hybridized carbons (Fsp3) is 0.474. The van der Waals surface area contributed by atoms with Crippen molar-refractivity contribution in [2.45, 2.75) is 43.5 Å². The van der Waals surface area contributed by atoms with Gasteiger partial charge in [-0.2, -0.15) is 0 Å². The van der Waals surface area contributed by atoms with Crippen LogP contribution in [0.5, 0.6) is 0 Å². The lowest BCUT2D eigenvalue weighted by Gasteiger charge is -2.18. The molecule has 4 atom stereocenters. The van der Waals surface area contributed by atoms with Crippen LogP contribution in [0.2, 0.25) is 0 Å². The van der Waals surface area contributed by atoms with Crippen molar-refractivity contribution in [1.29, 1.82) is 0 Å². The Kier molecular flexibility index (Phi) is 6.09. The van der Waals surface area contributed by atoms with Crippen molar-refractivity contribution in [3.8, 4) is 0 Å². The third-order valence-electron chi connectivity index (χ3n) is 5.53. The second-order valence-corrected chi connectivity index (χ2v) is 10.5. The molecule has 0 aromatic carbocycles. The highest BCUT2D eigenvalue weighted by molar-refractivity contribution is 9.10. The Morgan fingerprint density at radius 1 is 1.46 bits per heavy atom. The van der Waals surface area contributed by atoms with Crippen LogP contribution in [-0.2, 0) is 14.8 Å². The van der Waals surface area contributed by atoms with Gasteiger partial charge in [0.1, 0.15) is 10.4 Å². The first-order chi connectivity index (χ1) is 13.2. The number of pyridine rings is 1. The number of sulfonamides is 1. The summed E-state index contributed by atoms with van der Waals surface area (Å²) < 4.78 is 28.0. The molecule has 0 spiro atoms. The van der Waals surface area contributed by atoms with Gasteiger partial charge in [0.05, 0.1) is 11.3 Å². The van der Waals surface area contributed by atoms with Gasteiger partial charge in [-0.05, 0) is 54.2 Å². The highest BCUT2D eigenvalue weighted by atomic mass is 79.9. The minimum atomic E-state index is -3.40. The smallest absolute Gasteiger partial charge is 0.242 e. The molecule has 2 heterocycles. The van der Waals surface area contributed by atoms with E-state index in [2.05, 4.69) is 49.4 Å². The zero-order chi connectivity index (χ0) is 20.5. The highest BCUT2D eigenvalue weighted by Crippen LogP contribution is 2.54. The number of carbonyl (C=O) groups excluding carboxylic acids is 1. The number of rotatable bonds is 9. The molecule has 3 rings (SSSR count). The fourth-order valence-corrected chi connectivity index (χ4v) is 5.09. The molecule has 152 valence electrons. The van der Waals surface area contributed by atoms with Gasteiger partial charge in [0, 0.05) is 23.6 Å². The molecule has 0 radical (unpaired) electrons. The summed E-state index contributed by atoms with van der Waals surface area (Å²) in [6.07, 6.45) is 5.09. The van der Waals surface area contributed by atoms with Crippen LogP contribution < -0.4 is 15.4 Å². The second kappa shape index (κ2) is 8.06. The zero-order valence-corrected chi connectivity index (χ0v) is 18.1. The van der Waals surface area contributed by atoms with Crippen LogP contribution in [0.15, 0.2) is 36.0 Å². The van der Waals surface area contributed by atoms with E-state index < -0.39 is 15.3 Å². The number of hydrogen-bond acceptors (Lipinski definition) is 5. The molecule has 0 bridgehead atoms. The van der Waals surface area contributed by atoms with E-state index in [-0.39, 0.29) is 23.4 Å². The Hall–Kier alpha value is -1.55. The number of halogens is 1. The zero-order valence-electron chi connectivity index (χ0n) is 15.7. The SMILES string of the molecule is C=CCC(C)S(=O)(=O)NC[C@@]12C[C@@H](C(=O)Nc3nc(Br)ccc3C=C)N[C@@H]1C2. The molecule has 1 aromatic rings. The van der Waals surface area contributed by atoms with Gasteiger partial charge in [-0.15, -0.1) is 6.58 Å². The van der Waals surface area contributed by atoms with Gasteiger partial charge in [0.2, 0.25) is 15.9 Å². The summed E-state index contributed by atoms with van der Waals surface area (Å²) >= 11 is 3.30. The normalized spacial score (nSPS) is 26.9. The van der Waals surface area contributed by atoms with E-state index in [1.807, 2.05) is 6.07 Å². The maximum Gasteiger partial charge on any atom is 0.242 e. The van der Waals surface area contributed by atoms with Crippen molar-refractivity contribution in [3.63, 3.8) is 0 Å². The van der Waals surface area contributed by atoms with Gasteiger partial charge in [0.15, 0.2) is 0 Å². The summed E-state index contributed by atoms with van der Waals surface area (Å²) in [7, 11) is -3.40. The van der Waals surface area contributed by atoms with Gasteiger partial charge >= 0.3 is 0 Å². The van der Waals surface area contributed by atoms with Gasteiger partial charge in [0.25, 0.3) is 0 Å². The molecule has 9 heteroatoms. The molecule has 1 saturated heterocycles. The van der Waals surface area contributed by atoms with Gasteiger partial charge < -0.3 is 10.6 Å². The van der Waals surface area contributed by atoms with Crippen molar-refractivity contribution in [1.82, 2.24) is 15.0 Å². The number of amides is 1. The van der Waals surface area contributed by atoms with Crippen LogP contribution in [0, 0.1) is 5.41 Å². The molecule has 1 saturated carbocycles. The minimum absolute atomic E-state index is 0.148. The van der Waals surface area contributed by atoms with E-state index in [1.165, 1.54) is 0 Å². The number of piperidine rings is 1. The molecule has 1 aromatic heterocycles. The number of carbonyl (C=O) groups is 1. The number of allylic oxidation sites excluding steroid dienone is 1. The summed E-state index contributed by atoms with van der Waals surface area (Å²) in [4.78, 5) is 17.0. The van der Waals surface area contributed by atoms with Crippen molar-refractivity contribution < 1.29 is 13.2 Å². The van der Waals surface area contributed by atoms with E-state index in [9.17, 15) is 13.2 Å². The van der Waals surface area contributed by atoms with Crippen molar-refractivity contribution in [2.75, 3.05) is 11.9 Å². The lowest BCUT2D eigenvalue weighted by Crippen LogP contribution is -2.39. The first-order valence-electron chi connectivity index (χ1n) is 9.16.